The molecule has 4 aromatic rings. The first-order valence-corrected chi connectivity index (χ1v) is 12.0. The van der Waals surface area contributed by atoms with Gasteiger partial charge < -0.3 is 9.88 Å². The van der Waals surface area contributed by atoms with Crippen LogP contribution >= 0.6 is 0 Å². The summed E-state index contributed by atoms with van der Waals surface area (Å²) in [5.74, 6) is -0.420. The molecule has 35 heavy (non-hydrogen) atoms. The first-order chi connectivity index (χ1) is 17.0. The number of amides is 1. The Morgan fingerprint density at radius 1 is 1.03 bits per heavy atom. The van der Waals surface area contributed by atoms with Crippen LogP contribution in [0.4, 0.5) is 5.69 Å². The Hall–Kier alpha value is -3.99. The highest BCUT2D eigenvalue weighted by Crippen LogP contribution is 2.27. The van der Waals surface area contributed by atoms with E-state index in [0.29, 0.717) is 19.4 Å². The quantitative estimate of drug-likeness (QED) is 0.379. The summed E-state index contributed by atoms with van der Waals surface area (Å²) in [5.41, 5.74) is 7.14. The number of aliphatic imine (C=N–C) groups is 1. The minimum absolute atomic E-state index is 0.0484. The summed E-state index contributed by atoms with van der Waals surface area (Å²) in [6.45, 7) is 2.69. The molecular formula is C30H29N3O2. The highest BCUT2D eigenvalue weighted by molar-refractivity contribution is 5.99. The number of carbonyl (C=O) groups is 2. The van der Waals surface area contributed by atoms with Crippen LogP contribution in [0.25, 0.3) is 10.9 Å². The van der Waals surface area contributed by atoms with Crippen LogP contribution in [0, 0.1) is 12.8 Å². The number of anilines is 1. The molecule has 5 heteroatoms. The van der Waals surface area contributed by atoms with Gasteiger partial charge in [0.1, 0.15) is 5.78 Å². The van der Waals surface area contributed by atoms with Crippen molar-refractivity contribution in [3.8, 4) is 0 Å². The molecule has 5 nitrogen and oxygen atoms in total. The lowest BCUT2D eigenvalue weighted by atomic mass is 9.90. The maximum atomic E-state index is 13.7. The number of aryl methyl sites for hydroxylation is 1. The molecule has 1 N–H and O–H groups in total. The van der Waals surface area contributed by atoms with Crippen molar-refractivity contribution in [1.82, 2.24) is 4.98 Å². The molecule has 5 rings (SSSR count). The van der Waals surface area contributed by atoms with Gasteiger partial charge in [-0.2, -0.15) is 0 Å². The number of nitrogens with zero attached hydrogens (tertiary/aromatic N) is 2. The normalized spacial score (nSPS) is 13.1. The van der Waals surface area contributed by atoms with E-state index in [0.717, 1.165) is 39.0 Å². The van der Waals surface area contributed by atoms with Gasteiger partial charge in [0.25, 0.3) is 0 Å². The maximum absolute atomic E-state index is 13.7. The zero-order valence-electron chi connectivity index (χ0n) is 20.1. The van der Waals surface area contributed by atoms with E-state index >= 15 is 0 Å². The number of ketones is 1. The fraction of sp³-hybridized carbons (Fsp3) is 0.233. The molecule has 1 unspecified atom stereocenters. The molecule has 1 aliphatic rings. The number of H-pyrrole nitrogens is 1. The van der Waals surface area contributed by atoms with E-state index in [1.807, 2.05) is 85.9 Å². The summed E-state index contributed by atoms with van der Waals surface area (Å²) in [7, 11) is 1.79. The minimum Gasteiger partial charge on any atom is -0.358 e. The maximum Gasteiger partial charge on any atom is 0.230 e. The van der Waals surface area contributed by atoms with Gasteiger partial charge in [0.2, 0.25) is 5.91 Å². The number of Topliss-reactive ketones (excluding diaryl/α,β-unsaturated/α-hetero) is 1. The monoisotopic (exact) mass is 463 g/mol. The average Bonchev–Trinajstić information content (AvgIpc) is 3.47. The van der Waals surface area contributed by atoms with E-state index < -0.39 is 5.92 Å². The zero-order valence-corrected chi connectivity index (χ0v) is 20.1. The van der Waals surface area contributed by atoms with E-state index in [1.165, 1.54) is 5.56 Å². The molecule has 0 spiro atoms. The fourth-order valence-corrected chi connectivity index (χ4v) is 4.95. The molecule has 0 bridgehead atoms. The van der Waals surface area contributed by atoms with E-state index in [9.17, 15) is 9.59 Å². The Morgan fingerprint density at radius 2 is 1.80 bits per heavy atom. The SMILES string of the molecule is Cc1[nH]c2ccccc2c1CC(=O)CC(Cc1ccccc1)C(=O)N(C)c1ccc2c(c1)C=NC2. The average molecular weight is 464 g/mol. The van der Waals surface area contributed by atoms with Gasteiger partial charge in [0.05, 0.1) is 6.54 Å². The van der Waals surface area contributed by atoms with Gasteiger partial charge in [-0.05, 0) is 53.8 Å². The number of carbonyl (C=O) groups excluding carboxylic acids is 2. The van der Waals surface area contributed by atoms with E-state index in [4.69, 9.17) is 0 Å². The van der Waals surface area contributed by atoms with Crippen molar-refractivity contribution in [2.45, 2.75) is 32.7 Å². The summed E-state index contributed by atoms with van der Waals surface area (Å²) < 4.78 is 0. The molecule has 1 aliphatic heterocycles. The van der Waals surface area contributed by atoms with Gasteiger partial charge >= 0.3 is 0 Å². The number of benzene rings is 3. The van der Waals surface area contributed by atoms with Gasteiger partial charge in [0, 0.05) is 54.3 Å². The minimum atomic E-state index is -0.442. The number of para-hydroxylation sites is 1. The first kappa shape index (κ1) is 22.8. The Labute approximate surface area is 205 Å². The summed E-state index contributed by atoms with van der Waals surface area (Å²) in [4.78, 5) is 36.4. The summed E-state index contributed by atoms with van der Waals surface area (Å²) in [6, 6.07) is 24.0. The molecule has 1 amide bonds. The number of aromatic nitrogens is 1. The van der Waals surface area contributed by atoms with Crippen LogP contribution in [0.3, 0.4) is 0 Å². The number of hydrogen-bond acceptors (Lipinski definition) is 3. The Morgan fingerprint density at radius 3 is 2.63 bits per heavy atom. The molecule has 0 aliphatic carbocycles. The number of hydrogen-bond donors (Lipinski definition) is 1. The van der Waals surface area contributed by atoms with Gasteiger partial charge in [-0.25, -0.2) is 0 Å². The fourth-order valence-electron chi connectivity index (χ4n) is 4.95. The van der Waals surface area contributed by atoms with Crippen LogP contribution in [0.15, 0.2) is 77.8 Å². The summed E-state index contributed by atoms with van der Waals surface area (Å²) in [5, 5.41) is 1.07. The van der Waals surface area contributed by atoms with Crippen molar-refractivity contribution in [3.05, 3.63) is 101 Å². The van der Waals surface area contributed by atoms with Crippen LogP contribution < -0.4 is 4.90 Å². The summed E-state index contributed by atoms with van der Waals surface area (Å²) >= 11 is 0. The van der Waals surface area contributed by atoms with Crippen molar-refractivity contribution in [2.75, 3.05) is 11.9 Å². The number of nitrogens with one attached hydrogen (secondary N) is 1. The van der Waals surface area contributed by atoms with E-state index in [1.54, 1.807) is 11.9 Å². The van der Waals surface area contributed by atoms with Crippen molar-refractivity contribution in [2.24, 2.45) is 10.9 Å². The molecule has 176 valence electrons. The van der Waals surface area contributed by atoms with Crippen LogP contribution in [-0.4, -0.2) is 29.9 Å². The van der Waals surface area contributed by atoms with Gasteiger partial charge in [-0.3, -0.25) is 14.6 Å². The van der Waals surface area contributed by atoms with Crippen molar-refractivity contribution in [3.63, 3.8) is 0 Å². The van der Waals surface area contributed by atoms with Gasteiger partial charge in [0.15, 0.2) is 0 Å². The third-order valence-corrected chi connectivity index (χ3v) is 6.89. The number of rotatable bonds is 8. The Balaban J connectivity index is 1.38. The molecule has 0 radical (unpaired) electrons. The second-order valence-corrected chi connectivity index (χ2v) is 9.33. The topological polar surface area (TPSA) is 65.5 Å². The van der Waals surface area contributed by atoms with Gasteiger partial charge in [-0.15, -0.1) is 0 Å². The third kappa shape index (κ3) is 4.80. The van der Waals surface area contributed by atoms with Crippen molar-refractivity contribution in [1.29, 1.82) is 0 Å². The predicted octanol–water partition coefficient (Wildman–Crippen LogP) is 5.43. The van der Waals surface area contributed by atoms with Crippen LogP contribution in [0.1, 0.15) is 34.4 Å². The van der Waals surface area contributed by atoms with Crippen molar-refractivity contribution >= 4 is 34.5 Å². The Bertz CT molecular complexity index is 1420. The zero-order chi connectivity index (χ0) is 24.4. The summed E-state index contributed by atoms with van der Waals surface area (Å²) in [6.07, 6.45) is 2.89. The van der Waals surface area contributed by atoms with Gasteiger partial charge in [-0.1, -0.05) is 54.6 Å². The number of fused-ring (bicyclic) bond motifs is 2. The lowest BCUT2D eigenvalue weighted by Gasteiger charge is -2.24. The van der Waals surface area contributed by atoms with E-state index in [-0.39, 0.29) is 18.1 Å². The second kappa shape index (κ2) is 9.71. The smallest absolute Gasteiger partial charge is 0.230 e. The molecule has 1 atom stereocenters. The predicted molar refractivity (Wildman–Crippen MR) is 141 cm³/mol. The molecule has 2 heterocycles. The van der Waals surface area contributed by atoms with Crippen molar-refractivity contribution < 1.29 is 9.59 Å². The van der Waals surface area contributed by atoms with Crippen LogP contribution in [0.2, 0.25) is 0 Å². The highest BCUT2D eigenvalue weighted by Gasteiger charge is 2.27. The van der Waals surface area contributed by atoms with Crippen LogP contribution in [0.5, 0.6) is 0 Å². The molecule has 3 aromatic carbocycles. The Kier molecular flexibility index (Phi) is 6.32. The second-order valence-electron chi connectivity index (χ2n) is 9.33. The third-order valence-electron chi connectivity index (χ3n) is 6.89. The lowest BCUT2D eigenvalue weighted by Crippen LogP contribution is -2.35. The number of aromatic amines is 1. The molecule has 0 fully saturated rings. The molecule has 0 saturated carbocycles. The largest absolute Gasteiger partial charge is 0.358 e. The van der Waals surface area contributed by atoms with Crippen LogP contribution in [-0.2, 0) is 29.0 Å². The highest BCUT2D eigenvalue weighted by atomic mass is 16.2. The molecule has 1 aromatic heterocycles. The first-order valence-electron chi connectivity index (χ1n) is 12.0. The standard InChI is InChI=1S/C30H29N3O2/c1-20-28(27-10-6-7-11-29(27)32-20)17-26(34)16-23(14-21-8-4-3-5-9-21)30(35)33(2)25-13-12-22-18-31-19-24(22)15-25/h3-13,15,19,23,32H,14,16-18H2,1-2H3. The van der Waals surface area contributed by atoms with E-state index in [2.05, 4.69) is 9.98 Å². The molecule has 0 saturated heterocycles. The lowest BCUT2D eigenvalue weighted by molar-refractivity contribution is -0.127. The molecular weight excluding hydrogens is 434 g/mol.